The van der Waals surface area contributed by atoms with Gasteiger partial charge in [-0.25, -0.2) is 0 Å². The van der Waals surface area contributed by atoms with Crippen LogP contribution in [0.15, 0.2) is 47.1 Å². The lowest BCUT2D eigenvalue weighted by molar-refractivity contribution is -0.116. The highest BCUT2D eigenvalue weighted by Gasteiger charge is 2.19. The van der Waals surface area contributed by atoms with Gasteiger partial charge in [-0.1, -0.05) is 12.1 Å². The molecular weight excluding hydrogens is 428 g/mol. The summed E-state index contributed by atoms with van der Waals surface area (Å²) in [5.41, 5.74) is 5.48. The van der Waals surface area contributed by atoms with Crippen molar-refractivity contribution in [3.63, 3.8) is 0 Å². The van der Waals surface area contributed by atoms with E-state index in [2.05, 4.69) is 16.3 Å². The number of hydrogen-bond acceptors (Lipinski definition) is 5. The van der Waals surface area contributed by atoms with E-state index in [0.717, 1.165) is 63.3 Å². The first kappa shape index (κ1) is 25.4. The van der Waals surface area contributed by atoms with Gasteiger partial charge in [0, 0.05) is 34.7 Å². The summed E-state index contributed by atoms with van der Waals surface area (Å²) in [6, 6.07) is 10.1. The summed E-state index contributed by atoms with van der Waals surface area (Å²) in [5.74, 6) is 1.48. The topological polar surface area (TPSA) is 63.9 Å². The largest absolute Gasteiger partial charge is 0.494 e. The zero-order chi connectivity index (χ0) is 24.7. The van der Waals surface area contributed by atoms with Crippen LogP contribution in [0.5, 0.6) is 11.5 Å². The van der Waals surface area contributed by atoms with Crippen LogP contribution in [0.1, 0.15) is 38.3 Å². The number of nitrogens with zero attached hydrogens (tertiary/aromatic N) is 1. The number of carbonyl (C=O) groups excluding carboxylic acids is 1. The van der Waals surface area contributed by atoms with Crippen LogP contribution in [-0.4, -0.2) is 51.2 Å². The molecule has 182 valence electrons. The number of fused-ring (bicyclic) bond motifs is 1. The van der Waals surface area contributed by atoms with Crippen LogP contribution in [-0.2, 0) is 4.79 Å². The Bertz CT molecular complexity index is 1140. The fourth-order valence-corrected chi connectivity index (χ4v) is 3.99. The first-order valence-corrected chi connectivity index (χ1v) is 11.9. The summed E-state index contributed by atoms with van der Waals surface area (Å²) in [4.78, 5) is 14.6. The average molecular weight is 465 g/mol. The number of furan rings is 1. The summed E-state index contributed by atoms with van der Waals surface area (Å²) < 4.78 is 17.6. The van der Waals surface area contributed by atoms with Gasteiger partial charge in [-0.2, -0.15) is 0 Å². The highest BCUT2D eigenvalue weighted by atomic mass is 16.5. The summed E-state index contributed by atoms with van der Waals surface area (Å²) in [7, 11) is 4.05. The van der Waals surface area contributed by atoms with Gasteiger partial charge in [0.2, 0.25) is 5.91 Å². The summed E-state index contributed by atoms with van der Waals surface area (Å²) in [6.07, 6.45) is 4.33. The molecule has 6 heteroatoms. The molecule has 0 fully saturated rings. The zero-order valence-electron chi connectivity index (χ0n) is 21.2. The number of rotatable bonds is 11. The van der Waals surface area contributed by atoms with E-state index in [4.69, 9.17) is 13.9 Å². The van der Waals surface area contributed by atoms with Crippen molar-refractivity contribution in [1.29, 1.82) is 0 Å². The monoisotopic (exact) mass is 464 g/mol. The van der Waals surface area contributed by atoms with E-state index in [-0.39, 0.29) is 5.91 Å². The molecule has 3 aromatic rings. The number of ether oxygens (including phenoxy) is 2. The molecule has 0 aliphatic carbocycles. The van der Waals surface area contributed by atoms with E-state index in [9.17, 15) is 4.79 Å². The van der Waals surface area contributed by atoms with Gasteiger partial charge in [-0.05, 0) is 84.1 Å². The Morgan fingerprint density at radius 3 is 2.47 bits per heavy atom. The van der Waals surface area contributed by atoms with Gasteiger partial charge in [0.05, 0.1) is 19.5 Å². The Labute approximate surface area is 202 Å². The SMILES string of the molecule is CCOc1ccc(-c2coc3c(C)c(OCC)c(/C(C)=C/C(=O)NCCCN(C)C)cc23)cc1. The lowest BCUT2D eigenvalue weighted by atomic mass is 9.96. The molecule has 1 heterocycles. The lowest BCUT2D eigenvalue weighted by Crippen LogP contribution is -2.25. The molecule has 6 nitrogen and oxygen atoms in total. The van der Waals surface area contributed by atoms with Gasteiger partial charge in [-0.15, -0.1) is 0 Å². The predicted molar refractivity (Wildman–Crippen MR) is 139 cm³/mol. The standard InChI is InChI=1S/C28H36N2O4/c1-7-32-22-12-10-21(11-13-22)25-18-34-28-20(4)27(33-8-2)23(17-24(25)28)19(3)16-26(31)29-14-9-15-30(5)6/h10-13,16-18H,7-9,14-15H2,1-6H3,(H,29,31)/b19-16+. The molecule has 0 bridgehead atoms. The second-order valence-corrected chi connectivity index (χ2v) is 8.57. The fourth-order valence-electron chi connectivity index (χ4n) is 3.99. The van der Waals surface area contributed by atoms with Crippen LogP contribution >= 0.6 is 0 Å². The van der Waals surface area contributed by atoms with E-state index in [0.29, 0.717) is 19.8 Å². The number of amides is 1. The van der Waals surface area contributed by atoms with E-state index in [1.54, 1.807) is 12.3 Å². The number of carbonyl (C=O) groups is 1. The molecule has 0 spiro atoms. The van der Waals surface area contributed by atoms with Crippen molar-refractivity contribution in [2.75, 3.05) is 40.4 Å². The highest BCUT2D eigenvalue weighted by molar-refractivity contribution is 6.01. The minimum Gasteiger partial charge on any atom is -0.494 e. The Kier molecular flexibility index (Phi) is 8.77. The van der Waals surface area contributed by atoms with Gasteiger partial charge in [0.1, 0.15) is 17.1 Å². The zero-order valence-corrected chi connectivity index (χ0v) is 21.2. The minimum absolute atomic E-state index is 0.101. The molecule has 0 aliphatic heterocycles. The molecule has 34 heavy (non-hydrogen) atoms. The normalized spacial score (nSPS) is 11.8. The Morgan fingerprint density at radius 2 is 1.82 bits per heavy atom. The molecule has 3 rings (SSSR count). The Balaban J connectivity index is 1.97. The third-order valence-electron chi connectivity index (χ3n) is 5.66. The maximum Gasteiger partial charge on any atom is 0.244 e. The van der Waals surface area contributed by atoms with E-state index < -0.39 is 0 Å². The smallest absolute Gasteiger partial charge is 0.244 e. The van der Waals surface area contributed by atoms with Crippen molar-refractivity contribution < 1.29 is 18.7 Å². The summed E-state index contributed by atoms with van der Waals surface area (Å²) in [5, 5.41) is 3.96. The lowest BCUT2D eigenvalue weighted by Gasteiger charge is -2.15. The molecule has 1 aromatic heterocycles. The van der Waals surface area contributed by atoms with E-state index >= 15 is 0 Å². The van der Waals surface area contributed by atoms with Crippen molar-refractivity contribution in [3.05, 3.63) is 53.8 Å². The predicted octanol–water partition coefficient (Wildman–Crippen LogP) is 5.68. The van der Waals surface area contributed by atoms with Crippen LogP contribution in [0.4, 0.5) is 0 Å². The third-order valence-corrected chi connectivity index (χ3v) is 5.66. The maximum atomic E-state index is 12.5. The first-order chi connectivity index (χ1) is 16.3. The van der Waals surface area contributed by atoms with Gasteiger partial charge >= 0.3 is 0 Å². The Hall–Kier alpha value is -3.25. The molecule has 1 N–H and O–H groups in total. The number of hydrogen-bond donors (Lipinski definition) is 1. The van der Waals surface area contributed by atoms with Crippen molar-refractivity contribution in [2.45, 2.75) is 34.1 Å². The maximum absolute atomic E-state index is 12.5. The minimum atomic E-state index is -0.101. The molecule has 0 atom stereocenters. The first-order valence-electron chi connectivity index (χ1n) is 11.9. The number of aryl methyl sites for hydroxylation is 1. The molecule has 0 saturated carbocycles. The number of allylic oxidation sites excluding steroid dienone is 1. The quantitative estimate of drug-likeness (QED) is 0.292. The molecular formula is C28H36N2O4. The van der Waals surface area contributed by atoms with Crippen molar-refractivity contribution in [1.82, 2.24) is 10.2 Å². The van der Waals surface area contributed by atoms with Crippen LogP contribution < -0.4 is 14.8 Å². The van der Waals surface area contributed by atoms with Crippen LogP contribution in [0.3, 0.4) is 0 Å². The number of benzene rings is 2. The number of nitrogens with one attached hydrogen (secondary N) is 1. The van der Waals surface area contributed by atoms with Crippen LogP contribution in [0.2, 0.25) is 0 Å². The third kappa shape index (κ3) is 6.00. The van der Waals surface area contributed by atoms with Crippen LogP contribution in [0, 0.1) is 6.92 Å². The van der Waals surface area contributed by atoms with E-state index in [1.807, 2.05) is 66.1 Å². The van der Waals surface area contributed by atoms with Crippen LogP contribution in [0.25, 0.3) is 27.7 Å². The van der Waals surface area contributed by atoms with Gasteiger partial charge in [-0.3, -0.25) is 4.79 Å². The van der Waals surface area contributed by atoms with Gasteiger partial charge < -0.3 is 24.1 Å². The van der Waals surface area contributed by atoms with Gasteiger partial charge in [0.15, 0.2) is 0 Å². The molecule has 0 aliphatic rings. The molecule has 0 unspecified atom stereocenters. The average Bonchev–Trinajstić information content (AvgIpc) is 3.23. The Morgan fingerprint density at radius 1 is 1.12 bits per heavy atom. The summed E-state index contributed by atoms with van der Waals surface area (Å²) in [6.45, 7) is 10.6. The molecule has 0 saturated heterocycles. The highest BCUT2D eigenvalue weighted by Crippen LogP contribution is 2.41. The molecule has 1 amide bonds. The van der Waals surface area contributed by atoms with Crippen molar-refractivity contribution in [2.24, 2.45) is 0 Å². The molecule has 0 radical (unpaired) electrons. The second kappa shape index (κ2) is 11.7. The molecule has 2 aromatic carbocycles. The summed E-state index contributed by atoms with van der Waals surface area (Å²) >= 11 is 0. The van der Waals surface area contributed by atoms with E-state index in [1.165, 1.54) is 0 Å². The van der Waals surface area contributed by atoms with Crippen molar-refractivity contribution in [3.8, 4) is 22.6 Å². The second-order valence-electron chi connectivity index (χ2n) is 8.57. The fraction of sp³-hybridized carbons (Fsp3) is 0.393. The van der Waals surface area contributed by atoms with Crippen molar-refractivity contribution >= 4 is 22.4 Å². The van der Waals surface area contributed by atoms with Gasteiger partial charge in [0.25, 0.3) is 0 Å².